The van der Waals surface area contributed by atoms with E-state index in [2.05, 4.69) is 34.1 Å². The number of aryl methyl sites for hydroxylation is 1. The molecule has 0 spiro atoms. The number of likely N-dealkylation sites (tertiary alicyclic amines) is 1. The molecule has 0 saturated carbocycles. The summed E-state index contributed by atoms with van der Waals surface area (Å²) >= 11 is 1.44. The van der Waals surface area contributed by atoms with Crippen LogP contribution >= 0.6 is 11.3 Å². The molecule has 2 aromatic heterocycles. The highest BCUT2D eigenvalue weighted by Crippen LogP contribution is 2.20. The summed E-state index contributed by atoms with van der Waals surface area (Å²) in [6.07, 6.45) is 5.28. The Morgan fingerprint density at radius 3 is 2.62 bits per heavy atom. The molecule has 1 N–H and O–H groups in total. The average Bonchev–Trinajstić information content (AvgIpc) is 2.75. The van der Waals surface area contributed by atoms with Crippen molar-refractivity contribution in [2.75, 3.05) is 25.0 Å². The van der Waals surface area contributed by atoms with Gasteiger partial charge in [-0.25, -0.2) is 4.98 Å². The summed E-state index contributed by atoms with van der Waals surface area (Å²) in [6.45, 7) is 9.62. The van der Waals surface area contributed by atoms with Crippen molar-refractivity contribution in [3.63, 3.8) is 0 Å². The largest absolute Gasteiger partial charge is 0.358 e. The van der Waals surface area contributed by atoms with E-state index in [1.807, 2.05) is 6.92 Å². The number of hydrogen-bond donors (Lipinski definition) is 1. The maximum Gasteiger partial charge on any atom is 0.275 e. The molecule has 0 radical (unpaired) electrons. The molecule has 0 amide bonds. The van der Waals surface area contributed by atoms with Gasteiger partial charge in [0.2, 0.25) is 10.1 Å². The second-order valence-corrected chi connectivity index (χ2v) is 7.94. The molecule has 24 heavy (non-hydrogen) atoms. The van der Waals surface area contributed by atoms with E-state index in [1.54, 1.807) is 0 Å². The lowest BCUT2D eigenvalue weighted by Crippen LogP contribution is -2.44. The van der Waals surface area contributed by atoms with Crippen LogP contribution in [0.25, 0.3) is 4.96 Å². The van der Waals surface area contributed by atoms with Gasteiger partial charge in [0.25, 0.3) is 5.56 Å². The summed E-state index contributed by atoms with van der Waals surface area (Å²) < 4.78 is 1.39. The van der Waals surface area contributed by atoms with Gasteiger partial charge in [0.05, 0.1) is 0 Å². The molecule has 1 aliphatic rings. The Labute approximate surface area is 146 Å². The van der Waals surface area contributed by atoms with Crippen LogP contribution in [0, 0.1) is 12.8 Å². The lowest BCUT2D eigenvalue weighted by molar-refractivity contribution is 0.169. The summed E-state index contributed by atoms with van der Waals surface area (Å²) in [6, 6.07) is 2.01. The van der Waals surface area contributed by atoms with Crippen molar-refractivity contribution >= 4 is 21.4 Å². The maximum absolute atomic E-state index is 12.0. The molecular weight excluding hydrogens is 322 g/mol. The highest BCUT2D eigenvalue weighted by molar-refractivity contribution is 7.20. The molecule has 132 valence electrons. The minimum Gasteiger partial charge on any atom is -0.358 e. The van der Waals surface area contributed by atoms with Crippen molar-refractivity contribution in [2.45, 2.75) is 52.5 Å². The van der Waals surface area contributed by atoms with Crippen LogP contribution in [0.5, 0.6) is 0 Å². The molecule has 0 aliphatic carbocycles. The zero-order chi connectivity index (χ0) is 17.1. The van der Waals surface area contributed by atoms with Crippen LogP contribution < -0.4 is 10.9 Å². The van der Waals surface area contributed by atoms with E-state index in [4.69, 9.17) is 0 Å². The Balaban J connectivity index is 1.72. The van der Waals surface area contributed by atoms with Crippen LogP contribution in [0.3, 0.4) is 0 Å². The fraction of sp³-hybridized carbons (Fsp3) is 0.706. The Kier molecular flexibility index (Phi) is 5.50. The molecule has 0 bridgehead atoms. The number of fused-ring (bicyclic) bond motifs is 1. The van der Waals surface area contributed by atoms with Gasteiger partial charge in [0.15, 0.2) is 0 Å². The number of nitrogens with one attached hydrogen (secondary N) is 1. The molecule has 3 rings (SSSR count). The van der Waals surface area contributed by atoms with Crippen LogP contribution in [-0.2, 0) is 0 Å². The Morgan fingerprint density at radius 1 is 1.25 bits per heavy atom. The standard InChI is InChI=1S/C17H27N5OS/c1-12(2)14(21-8-6-4-5-7-9-21)11-18-16-20-22-15(23)10-13(3)19-17(22)24-16/h10,12,14H,4-9,11H2,1-3H3,(H,18,20). The zero-order valence-electron chi connectivity index (χ0n) is 14.8. The van der Waals surface area contributed by atoms with E-state index in [1.165, 1.54) is 60.7 Å². The molecule has 2 aromatic rings. The third-order valence-electron chi connectivity index (χ3n) is 4.71. The minimum atomic E-state index is -0.116. The second-order valence-electron chi connectivity index (χ2n) is 6.98. The lowest BCUT2D eigenvalue weighted by Gasteiger charge is -2.33. The predicted octanol–water partition coefficient (Wildman–Crippen LogP) is 2.77. The molecule has 1 saturated heterocycles. The molecule has 0 aromatic carbocycles. The van der Waals surface area contributed by atoms with Crippen molar-refractivity contribution in [3.05, 3.63) is 22.1 Å². The van der Waals surface area contributed by atoms with Gasteiger partial charge in [-0.1, -0.05) is 38.0 Å². The Bertz CT molecular complexity index is 730. The van der Waals surface area contributed by atoms with Crippen molar-refractivity contribution < 1.29 is 0 Å². The first-order chi connectivity index (χ1) is 11.5. The normalized spacial score (nSPS) is 18.0. The highest BCUT2D eigenvalue weighted by atomic mass is 32.1. The van der Waals surface area contributed by atoms with Gasteiger partial charge in [-0.3, -0.25) is 9.69 Å². The smallest absolute Gasteiger partial charge is 0.275 e. The van der Waals surface area contributed by atoms with E-state index >= 15 is 0 Å². The number of hydrogen-bond acceptors (Lipinski definition) is 6. The van der Waals surface area contributed by atoms with Crippen LogP contribution in [-0.4, -0.2) is 45.2 Å². The molecule has 1 unspecified atom stereocenters. The van der Waals surface area contributed by atoms with Gasteiger partial charge in [-0.2, -0.15) is 4.52 Å². The van der Waals surface area contributed by atoms with E-state index in [0.29, 0.717) is 16.9 Å². The lowest BCUT2D eigenvalue weighted by atomic mass is 10.0. The van der Waals surface area contributed by atoms with Gasteiger partial charge in [-0.05, 0) is 38.8 Å². The summed E-state index contributed by atoms with van der Waals surface area (Å²) in [5, 5.41) is 8.59. The fourth-order valence-corrected chi connectivity index (χ4v) is 4.25. The number of aromatic nitrogens is 3. The second kappa shape index (κ2) is 7.61. The third-order valence-corrected chi connectivity index (χ3v) is 5.58. The monoisotopic (exact) mass is 349 g/mol. The Hall–Kier alpha value is -1.47. The zero-order valence-corrected chi connectivity index (χ0v) is 15.6. The molecule has 1 fully saturated rings. The molecule has 3 heterocycles. The first kappa shape index (κ1) is 17.4. The molecular formula is C17H27N5OS. The van der Waals surface area contributed by atoms with Gasteiger partial charge in [0, 0.05) is 24.3 Å². The first-order valence-corrected chi connectivity index (χ1v) is 9.71. The summed E-state index contributed by atoms with van der Waals surface area (Å²) in [5.74, 6) is 0.577. The van der Waals surface area contributed by atoms with Gasteiger partial charge < -0.3 is 5.32 Å². The summed E-state index contributed by atoms with van der Waals surface area (Å²) in [4.78, 5) is 19.6. The maximum atomic E-state index is 12.0. The third kappa shape index (κ3) is 3.95. The number of rotatable bonds is 5. The highest BCUT2D eigenvalue weighted by Gasteiger charge is 2.23. The van der Waals surface area contributed by atoms with Crippen molar-refractivity contribution in [2.24, 2.45) is 5.92 Å². The van der Waals surface area contributed by atoms with Crippen LogP contribution in [0.4, 0.5) is 5.13 Å². The summed E-state index contributed by atoms with van der Waals surface area (Å²) in [5.41, 5.74) is 0.620. The number of nitrogens with zero attached hydrogens (tertiary/aromatic N) is 4. The van der Waals surface area contributed by atoms with E-state index in [0.717, 1.165) is 17.4 Å². The Morgan fingerprint density at radius 2 is 1.96 bits per heavy atom. The van der Waals surface area contributed by atoms with Gasteiger partial charge in [0.1, 0.15) is 0 Å². The topological polar surface area (TPSA) is 62.5 Å². The van der Waals surface area contributed by atoms with Crippen LogP contribution in [0.1, 0.15) is 45.2 Å². The van der Waals surface area contributed by atoms with E-state index < -0.39 is 0 Å². The quantitative estimate of drug-likeness (QED) is 0.899. The first-order valence-electron chi connectivity index (χ1n) is 8.90. The van der Waals surface area contributed by atoms with Crippen molar-refractivity contribution in [1.29, 1.82) is 0 Å². The van der Waals surface area contributed by atoms with Crippen molar-refractivity contribution in [3.8, 4) is 0 Å². The summed E-state index contributed by atoms with van der Waals surface area (Å²) in [7, 11) is 0. The molecule has 7 heteroatoms. The van der Waals surface area contributed by atoms with Crippen LogP contribution in [0.15, 0.2) is 10.9 Å². The van der Waals surface area contributed by atoms with E-state index in [-0.39, 0.29) is 5.56 Å². The van der Waals surface area contributed by atoms with Gasteiger partial charge >= 0.3 is 0 Å². The number of anilines is 1. The van der Waals surface area contributed by atoms with Crippen LogP contribution in [0.2, 0.25) is 0 Å². The SMILES string of the molecule is Cc1cc(=O)n2nc(NCC(C(C)C)N3CCCCCC3)sc2n1. The van der Waals surface area contributed by atoms with E-state index in [9.17, 15) is 4.79 Å². The predicted molar refractivity (Wildman–Crippen MR) is 99.0 cm³/mol. The molecule has 1 aliphatic heterocycles. The van der Waals surface area contributed by atoms with Crippen molar-refractivity contribution in [1.82, 2.24) is 19.5 Å². The average molecular weight is 350 g/mol. The van der Waals surface area contributed by atoms with Gasteiger partial charge in [-0.15, -0.1) is 5.10 Å². The molecule has 1 atom stereocenters. The fourth-order valence-electron chi connectivity index (χ4n) is 3.40. The minimum absolute atomic E-state index is 0.116. The molecule has 6 nitrogen and oxygen atoms in total.